The molecule has 0 aliphatic carbocycles. The van der Waals surface area contributed by atoms with Crippen molar-refractivity contribution in [2.45, 2.75) is 31.6 Å². The van der Waals surface area contributed by atoms with Gasteiger partial charge in [0.2, 0.25) is 10.0 Å². The van der Waals surface area contributed by atoms with Gasteiger partial charge in [-0.1, -0.05) is 11.6 Å². The lowest BCUT2D eigenvalue weighted by Gasteiger charge is -2.16. The number of rotatable bonds is 6. The van der Waals surface area contributed by atoms with Gasteiger partial charge in [-0.15, -0.1) is 0 Å². The predicted octanol–water partition coefficient (Wildman–Crippen LogP) is 3.86. The van der Waals surface area contributed by atoms with Crippen LogP contribution in [0, 0.1) is 6.92 Å². The second kappa shape index (κ2) is 9.16. The number of esters is 1. The van der Waals surface area contributed by atoms with Gasteiger partial charge in [-0.05, 0) is 68.7 Å². The zero-order valence-electron chi connectivity index (χ0n) is 16.8. The van der Waals surface area contributed by atoms with Crippen LogP contribution in [0.4, 0.5) is 5.69 Å². The molecule has 7 nitrogen and oxygen atoms in total. The first-order valence-electron chi connectivity index (χ1n) is 9.63. The van der Waals surface area contributed by atoms with Crippen molar-refractivity contribution in [1.29, 1.82) is 0 Å². The van der Waals surface area contributed by atoms with Crippen LogP contribution in [-0.4, -0.2) is 44.3 Å². The van der Waals surface area contributed by atoms with Crippen molar-refractivity contribution in [3.8, 4) is 0 Å². The van der Waals surface area contributed by atoms with Gasteiger partial charge >= 0.3 is 5.97 Å². The molecule has 1 fully saturated rings. The minimum absolute atomic E-state index is 0.0355. The van der Waals surface area contributed by atoms with Crippen LogP contribution in [0.1, 0.15) is 46.0 Å². The molecule has 1 amide bonds. The van der Waals surface area contributed by atoms with Crippen molar-refractivity contribution in [3.63, 3.8) is 0 Å². The monoisotopic (exact) mass is 450 g/mol. The third kappa shape index (κ3) is 4.66. The Kier molecular flexibility index (Phi) is 6.80. The lowest BCUT2D eigenvalue weighted by atomic mass is 10.1. The van der Waals surface area contributed by atoms with Gasteiger partial charge in [0.05, 0.1) is 27.7 Å². The van der Waals surface area contributed by atoms with Gasteiger partial charge in [-0.2, -0.15) is 4.31 Å². The molecule has 2 aromatic carbocycles. The molecule has 0 saturated carbocycles. The molecule has 1 aliphatic heterocycles. The molecule has 0 unspecified atom stereocenters. The molecule has 160 valence electrons. The van der Waals surface area contributed by atoms with E-state index in [1.807, 2.05) is 0 Å². The van der Waals surface area contributed by atoms with Crippen molar-refractivity contribution in [3.05, 3.63) is 58.1 Å². The highest BCUT2D eigenvalue weighted by molar-refractivity contribution is 7.89. The molecule has 0 aromatic heterocycles. The van der Waals surface area contributed by atoms with Crippen LogP contribution >= 0.6 is 11.6 Å². The Morgan fingerprint density at radius 2 is 1.83 bits per heavy atom. The molecule has 1 saturated heterocycles. The SMILES string of the molecule is CCOC(=O)c1ccc(NC(=O)c2cc(S(=O)(=O)N3CCCC3)ccc2Cl)c(C)c1. The highest BCUT2D eigenvalue weighted by Crippen LogP contribution is 2.26. The van der Waals surface area contributed by atoms with Gasteiger partial charge in [-0.3, -0.25) is 4.79 Å². The smallest absolute Gasteiger partial charge is 0.338 e. The average Bonchev–Trinajstić information content (AvgIpc) is 3.25. The molecule has 0 spiro atoms. The topological polar surface area (TPSA) is 92.8 Å². The number of sulfonamides is 1. The summed E-state index contributed by atoms with van der Waals surface area (Å²) >= 11 is 6.18. The summed E-state index contributed by atoms with van der Waals surface area (Å²) in [7, 11) is -3.67. The first kappa shape index (κ1) is 22.3. The number of hydrogen-bond donors (Lipinski definition) is 1. The molecule has 0 bridgehead atoms. The molecule has 0 radical (unpaired) electrons. The number of ether oxygens (including phenoxy) is 1. The van der Waals surface area contributed by atoms with Crippen molar-refractivity contribution in [2.75, 3.05) is 25.0 Å². The average molecular weight is 451 g/mol. The van der Waals surface area contributed by atoms with E-state index in [1.165, 1.54) is 22.5 Å². The van der Waals surface area contributed by atoms with Crippen LogP contribution in [0.3, 0.4) is 0 Å². The van der Waals surface area contributed by atoms with Crippen LogP contribution < -0.4 is 5.32 Å². The largest absolute Gasteiger partial charge is 0.462 e. The number of carbonyl (C=O) groups excluding carboxylic acids is 2. The maximum Gasteiger partial charge on any atom is 0.338 e. The Bertz CT molecular complexity index is 1080. The minimum atomic E-state index is -3.67. The van der Waals surface area contributed by atoms with Gasteiger partial charge < -0.3 is 10.1 Å². The normalized spacial score (nSPS) is 14.5. The number of amides is 1. The van der Waals surface area contributed by atoms with Crippen LogP contribution in [-0.2, 0) is 14.8 Å². The van der Waals surface area contributed by atoms with E-state index in [0.29, 0.717) is 29.9 Å². The van der Waals surface area contributed by atoms with E-state index in [9.17, 15) is 18.0 Å². The summed E-state index contributed by atoms with van der Waals surface area (Å²) in [6.07, 6.45) is 1.64. The van der Waals surface area contributed by atoms with E-state index < -0.39 is 21.9 Å². The number of carbonyl (C=O) groups is 2. The zero-order valence-corrected chi connectivity index (χ0v) is 18.3. The van der Waals surface area contributed by atoms with Gasteiger partial charge in [-0.25, -0.2) is 13.2 Å². The first-order chi connectivity index (χ1) is 14.2. The zero-order chi connectivity index (χ0) is 21.9. The highest BCUT2D eigenvalue weighted by atomic mass is 35.5. The number of hydrogen-bond acceptors (Lipinski definition) is 5. The second-order valence-electron chi connectivity index (χ2n) is 6.96. The third-order valence-corrected chi connectivity index (χ3v) is 7.10. The molecule has 3 rings (SSSR count). The summed E-state index contributed by atoms with van der Waals surface area (Å²) in [5.41, 5.74) is 1.58. The summed E-state index contributed by atoms with van der Waals surface area (Å²) in [4.78, 5) is 24.7. The summed E-state index contributed by atoms with van der Waals surface area (Å²) < 4.78 is 32.0. The van der Waals surface area contributed by atoms with E-state index >= 15 is 0 Å². The first-order valence-corrected chi connectivity index (χ1v) is 11.4. The minimum Gasteiger partial charge on any atom is -0.462 e. The molecule has 30 heavy (non-hydrogen) atoms. The molecule has 1 N–H and O–H groups in total. The Balaban J connectivity index is 1.84. The molecular formula is C21H23ClN2O5S. The maximum atomic E-state index is 12.8. The lowest BCUT2D eigenvalue weighted by Crippen LogP contribution is -2.28. The fourth-order valence-corrected chi connectivity index (χ4v) is 5.00. The fraction of sp³-hybridized carbons (Fsp3) is 0.333. The van der Waals surface area contributed by atoms with E-state index in [2.05, 4.69) is 5.32 Å². The third-order valence-electron chi connectivity index (χ3n) is 4.87. The lowest BCUT2D eigenvalue weighted by molar-refractivity contribution is 0.0526. The van der Waals surface area contributed by atoms with Gasteiger partial charge in [0.25, 0.3) is 5.91 Å². The molecule has 9 heteroatoms. The summed E-state index contributed by atoms with van der Waals surface area (Å²) in [6, 6.07) is 8.88. The molecule has 1 heterocycles. The quantitative estimate of drug-likeness (QED) is 0.674. The van der Waals surface area contributed by atoms with E-state index in [0.717, 1.165) is 12.8 Å². The van der Waals surface area contributed by atoms with Crippen molar-refractivity contribution in [2.24, 2.45) is 0 Å². The summed E-state index contributed by atoms with van der Waals surface area (Å²) in [5.74, 6) is -0.980. The fourth-order valence-electron chi connectivity index (χ4n) is 3.25. The second-order valence-corrected chi connectivity index (χ2v) is 9.30. The predicted molar refractivity (Wildman–Crippen MR) is 115 cm³/mol. The summed E-state index contributed by atoms with van der Waals surface area (Å²) in [6.45, 7) is 4.68. The van der Waals surface area contributed by atoms with E-state index in [4.69, 9.17) is 16.3 Å². The van der Waals surface area contributed by atoms with Crippen LogP contribution in [0.5, 0.6) is 0 Å². The molecule has 0 atom stereocenters. The Morgan fingerprint density at radius 1 is 1.13 bits per heavy atom. The number of nitrogens with one attached hydrogen (secondary N) is 1. The van der Waals surface area contributed by atoms with Gasteiger partial charge in [0.1, 0.15) is 0 Å². The maximum absolute atomic E-state index is 12.8. The Hall–Kier alpha value is -2.42. The van der Waals surface area contributed by atoms with Crippen molar-refractivity contribution < 1.29 is 22.7 Å². The summed E-state index contributed by atoms with van der Waals surface area (Å²) in [5, 5.41) is 2.88. The molecular weight excluding hydrogens is 428 g/mol. The van der Waals surface area contributed by atoms with Crippen LogP contribution in [0.25, 0.3) is 0 Å². The highest BCUT2D eigenvalue weighted by Gasteiger charge is 2.28. The van der Waals surface area contributed by atoms with Gasteiger partial charge in [0, 0.05) is 18.8 Å². The number of benzene rings is 2. The van der Waals surface area contributed by atoms with Crippen molar-refractivity contribution >= 4 is 39.2 Å². The molecule has 2 aromatic rings. The number of nitrogens with zero attached hydrogens (tertiary/aromatic N) is 1. The van der Waals surface area contributed by atoms with Crippen molar-refractivity contribution in [1.82, 2.24) is 4.31 Å². The van der Waals surface area contributed by atoms with Crippen LogP contribution in [0.15, 0.2) is 41.3 Å². The Morgan fingerprint density at radius 3 is 2.47 bits per heavy atom. The molecule has 1 aliphatic rings. The van der Waals surface area contributed by atoms with Crippen LogP contribution in [0.2, 0.25) is 5.02 Å². The number of anilines is 1. The van der Waals surface area contributed by atoms with Gasteiger partial charge in [0.15, 0.2) is 0 Å². The standard InChI is InChI=1S/C21H23ClN2O5S/c1-3-29-21(26)15-6-9-19(14(2)12-15)23-20(25)17-13-16(7-8-18(17)22)30(27,28)24-10-4-5-11-24/h6-9,12-13H,3-5,10-11H2,1-2H3,(H,23,25). The van der Waals surface area contributed by atoms with E-state index in [-0.39, 0.29) is 22.1 Å². The Labute approximate surface area is 181 Å². The van der Waals surface area contributed by atoms with E-state index in [1.54, 1.807) is 32.0 Å². The number of aryl methyl sites for hydroxylation is 1. The number of halogens is 1.